The van der Waals surface area contributed by atoms with Gasteiger partial charge in [-0.15, -0.1) is 0 Å². The minimum atomic E-state index is -0.801. The van der Waals surface area contributed by atoms with E-state index in [4.69, 9.17) is 10.5 Å². The molecule has 1 amide bonds. The molecule has 0 bridgehead atoms. The van der Waals surface area contributed by atoms with Gasteiger partial charge in [-0.3, -0.25) is 14.9 Å². The third-order valence-electron chi connectivity index (χ3n) is 2.76. The lowest BCUT2D eigenvalue weighted by atomic mass is 10.1. The second kappa shape index (κ2) is 4.93. The van der Waals surface area contributed by atoms with Crippen molar-refractivity contribution in [3.05, 3.63) is 46.5 Å². The Hall–Kier alpha value is -2.63. The van der Waals surface area contributed by atoms with Crippen LogP contribution in [0.3, 0.4) is 0 Å². The summed E-state index contributed by atoms with van der Waals surface area (Å²) in [5.74, 6) is -0.199. The zero-order valence-electron chi connectivity index (χ0n) is 10.2. The molecule has 0 aliphatic carbocycles. The molecular weight excluding hydrogens is 248 g/mol. The van der Waals surface area contributed by atoms with Gasteiger partial charge in [0.1, 0.15) is 5.75 Å². The molecule has 0 aliphatic heterocycles. The minimum absolute atomic E-state index is 0.00493. The quantitative estimate of drug-likeness (QED) is 0.671. The molecule has 0 saturated heterocycles. The number of nitro benzene ring substituents is 1. The molecule has 2 N–H and O–H groups in total. The maximum Gasteiger partial charge on any atom is 0.277 e. The molecule has 0 aliphatic rings. The molecule has 2 aromatic rings. The summed E-state index contributed by atoms with van der Waals surface area (Å²) in [5, 5.41) is 12.0. The van der Waals surface area contributed by atoms with Gasteiger partial charge in [0.25, 0.3) is 11.6 Å². The number of hydrogen-bond acceptors (Lipinski definition) is 4. The third-order valence-corrected chi connectivity index (χ3v) is 2.76. The van der Waals surface area contributed by atoms with Gasteiger partial charge in [-0.05, 0) is 19.1 Å². The number of nitrogens with two attached hydrogens (primary N) is 1. The van der Waals surface area contributed by atoms with E-state index in [2.05, 4.69) is 0 Å². The monoisotopic (exact) mass is 260 g/mol. The topological polar surface area (TPSA) is 95.5 Å². The number of carbonyl (C=O) groups excluding carboxylic acids is 1. The average Bonchev–Trinajstić information content (AvgIpc) is 2.38. The number of fused-ring (bicyclic) bond motifs is 1. The lowest BCUT2D eigenvalue weighted by Crippen LogP contribution is -2.30. The highest BCUT2D eigenvalue weighted by Crippen LogP contribution is 2.33. The van der Waals surface area contributed by atoms with Gasteiger partial charge in [-0.2, -0.15) is 0 Å². The molecule has 6 heteroatoms. The Kier molecular flexibility index (Phi) is 3.33. The van der Waals surface area contributed by atoms with E-state index in [1.165, 1.54) is 19.1 Å². The molecule has 0 spiro atoms. The second-order valence-electron chi connectivity index (χ2n) is 4.05. The number of nitrogens with zero attached hydrogens (tertiary/aromatic N) is 1. The van der Waals surface area contributed by atoms with Gasteiger partial charge in [0.05, 0.1) is 10.3 Å². The first-order valence-electron chi connectivity index (χ1n) is 5.63. The van der Waals surface area contributed by atoms with Crippen LogP contribution in [0.2, 0.25) is 0 Å². The van der Waals surface area contributed by atoms with Gasteiger partial charge in [0.2, 0.25) is 0 Å². The molecule has 0 fully saturated rings. The van der Waals surface area contributed by atoms with Crippen molar-refractivity contribution in [3.63, 3.8) is 0 Å². The number of amides is 1. The van der Waals surface area contributed by atoms with Crippen LogP contribution >= 0.6 is 0 Å². The fourth-order valence-electron chi connectivity index (χ4n) is 1.77. The largest absolute Gasteiger partial charge is 0.480 e. The van der Waals surface area contributed by atoms with Crippen molar-refractivity contribution in [2.75, 3.05) is 0 Å². The number of primary amides is 1. The zero-order valence-corrected chi connectivity index (χ0v) is 10.2. The predicted molar refractivity (Wildman–Crippen MR) is 69.9 cm³/mol. The van der Waals surface area contributed by atoms with Gasteiger partial charge in [0, 0.05) is 11.5 Å². The van der Waals surface area contributed by atoms with Gasteiger partial charge in [-0.25, -0.2) is 0 Å². The highest BCUT2D eigenvalue weighted by Gasteiger charge is 2.17. The number of hydrogen-bond donors (Lipinski definition) is 1. The van der Waals surface area contributed by atoms with Crippen LogP contribution in [0.15, 0.2) is 36.4 Å². The fraction of sp³-hybridized carbons (Fsp3) is 0.154. The summed E-state index contributed by atoms with van der Waals surface area (Å²) in [5.41, 5.74) is 5.13. The maximum atomic E-state index is 11.0. The van der Waals surface area contributed by atoms with E-state index >= 15 is 0 Å². The number of rotatable bonds is 4. The van der Waals surface area contributed by atoms with Crippen molar-refractivity contribution < 1.29 is 14.5 Å². The summed E-state index contributed by atoms with van der Waals surface area (Å²) in [4.78, 5) is 21.5. The van der Waals surface area contributed by atoms with Crippen LogP contribution in [-0.2, 0) is 4.79 Å². The van der Waals surface area contributed by atoms with Crippen LogP contribution in [0.4, 0.5) is 5.69 Å². The first-order valence-corrected chi connectivity index (χ1v) is 5.63. The van der Waals surface area contributed by atoms with Crippen molar-refractivity contribution in [2.24, 2.45) is 5.73 Å². The summed E-state index contributed by atoms with van der Waals surface area (Å²) in [6.45, 7) is 1.53. The molecule has 2 aromatic carbocycles. The molecule has 0 radical (unpaired) electrons. The van der Waals surface area contributed by atoms with Gasteiger partial charge >= 0.3 is 0 Å². The number of carbonyl (C=O) groups is 1. The van der Waals surface area contributed by atoms with Crippen LogP contribution in [0, 0.1) is 10.1 Å². The molecule has 2 rings (SSSR count). The fourth-order valence-corrected chi connectivity index (χ4v) is 1.77. The van der Waals surface area contributed by atoms with Gasteiger partial charge in [-0.1, -0.05) is 18.2 Å². The summed E-state index contributed by atoms with van der Waals surface area (Å²) in [6, 6.07) is 9.61. The SMILES string of the molecule is C[C@H](Oc1ccc([N+](=O)[O-])c2ccccc12)C(N)=O. The Balaban J connectivity index is 2.55. The van der Waals surface area contributed by atoms with Crippen LogP contribution < -0.4 is 10.5 Å². The smallest absolute Gasteiger partial charge is 0.277 e. The van der Waals surface area contributed by atoms with Crippen molar-refractivity contribution >= 4 is 22.4 Å². The lowest BCUT2D eigenvalue weighted by molar-refractivity contribution is -0.383. The molecule has 19 heavy (non-hydrogen) atoms. The zero-order chi connectivity index (χ0) is 14.0. The van der Waals surface area contributed by atoms with Gasteiger partial charge in [0.15, 0.2) is 6.10 Å². The first-order chi connectivity index (χ1) is 9.00. The van der Waals surface area contributed by atoms with Gasteiger partial charge < -0.3 is 10.5 Å². The van der Waals surface area contributed by atoms with Crippen molar-refractivity contribution in [1.29, 1.82) is 0 Å². The number of nitro groups is 1. The normalized spacial score (nSPS) is 12.1. The van der Waals surface area contributed by atoms with E-state index in [1.807, 2.05) is 0 Å². The number of non-ortho nitro benzene ring substituents is 1. The highest BCUT2D eigenvalue weighted by atomic mass is 16.6. The Bertz CT molecular complexity index is 654. The van der Waals surface area contributed by atoms with Crippen LogP contribution in [0.5, 0.6) is 5.75 Å². The van der Waals surface area contributed by atoms with E-state index < -0.39 is 16.9 Å². The van der Waals surface area contributed by atoms with Crippen LogP contribution in [0.1, 0.15) is 6.92 Å². The minimum Gasteiger partial charge on any atom is -0.480 e. The van der Waals surface area contributed by atoms with Crippen molar-refractivity contribution in [1.82, 2.24) is 0 Å². The van der Waals surface area contributed by atoms with E-state index in [0.29, 0.717) is 16.5 Å². The molecule has 0 saturated carbocycles. The molecule has 0 aromatic heterocycles. The van der Waals surface area contributed by atoms with E-state index in [0.717, 1.165) is 0 Å². The second-order valence-corrected chi connectivity index (χ2v) is 4.05. The Morgan fingerprint density at radius 2 is 1.89 bits per heavy atom. The number of benzene rings is 2. The molecule has 1 atom stereocenters. The Labute approximate surface area is 108 Å². The lowest BCUT2D eigenvalue weighted by Gasteiger charge is -2.13. The molecule has 6 nitrogen and oxygen atoms in total. The summed E-state index contributed by atoms with van der Waals surface area (Å²) in [7, 11) is 0. The first kappa shape index (κ1) is 12.8. The molecule has 0 unspecified atom stereocenters. The van der Waals surface area contributed by atoms with Crippen molar-refractivity contribution in [3.8, 4) is 5.75 Å². The maximum absolute atomic E-state index is 11.0. The van der Waals surface area contributed by atoms with E-state index in [9.17, 15) is 14.9 Å². The third kappa shape index (κ3) is 2.47. The van der Waals surface area contributed by atoms with Crippen molar-refractivity contribution in [2.45, 2.75) is 13.0 Å². The molecule has 98 valence electrons. The summed E-state index contributed by atoms with van der Waals surface area (Å²) < 4.78 is 5.43. The summed E-state index contributed by atoms with van der Waals surface area (Å²) >= 11 is 0. The standard InChI is InChI=1S/C13H12N2O4/c1-8(13(14)16)19-12-7-6-11(15(17)18)9-4-2-3-5-10(9)12/h2-8H,1H3,(H2,14,16)/t8-/m0/s1. The molecular formula is C13H12N2O4. The highest BCUT2D eigenvalue weighted by molar-refractivity contribution is 5.95. The predicted octanol–water partition coefficient (Wildman–Crippen LogP) is 2.00. The van der Waals surface area contributed by atoms with E-state index in [-0.39, 0.29) is 5.69 Å². The number of ether oxygens (including phenoxy) is 1. The van der Waals surface area contributed by atoms with Crippen LogP contribution in [0.25, 0.3) is 10.8 Å². The van der Waals surface area contributed by atoms with Crippen LogP contribution in [-0.4, -0.2) is 16.9 Å². The molecule has 0 heterocycles. The average molecular weight is 260 g/mol. The summed E-state index contributed by atoms with van der Waals surface area (Å²) in [6.07, 6.45) is -0.801. The Morgan fingerprint density at radius 1 is 1.26 bits per heavy atom. The Morgan fingerprint density at radius 3 is 2.47 bits per heavy atom. The van der Waals surface area contributed by atoms with E-state index in [1.54, 1.807) is 24.3 Å².